The zero-order valence-electron chi connectivity index (χ0n) is 12.5. The number of Topliss-reactive ketones (excluding diaryl/α,β-unsaturated/α-hetero) is 1. The Morgan fingerprint density at radius 2 is 1.70 bits per heavy atom. The van der Waals surface area contributed by atoms with Crippen LogP contribution in [0.25, 0.3) is 20.9 Å². The number of nitrogens with zero attached hydrogens (tertiary/aromatic N) is 6. The van der Waals surface area contributed by atoms with Crippen LogP contribution in [0.5, 0.6) is 0 Å². The molecule has 2 aromatic rings. The second-order valence-electron chi connectivity index (χ2n) is 5.00. The van der Waals surface area contributed by atoms with Crippen molar-refractivity contribution in [2.24, 2.45) is 10.2 Å². The van der Waals surface area contributed by atoms with Crippen LogP contribution < -0.4 is 0 Å². The number of azide groups is 2. The first-order valence-corrected chi connectivity index (χ1v) is 6.88. The molecule has 0 aliphatic heterocycles. The highest BCUT2D eigenvalue weighted by Crippen LogP contribution is 2.31. The molecule has 0 amide bonds. The molecule has 0 spiro atoms. The van der Waals surface area contributed by atoms with Crippen molar-refractivity contribution >= 4 is 5.78 Å². The van der Waals surface area contributed by atoms with Crippen molar-refractivity contribution in [2.75, 3.05) is 6.54 Å². The highest BCUT2D eigenvalue weighted by Gasteiger charge is 2.39. The summed E-state index contributed by atoms with van der Waals surface area (Å²) in [5.41, 5.74) is 17.9. The van der Waals surface area contributed by atoms with E-state index in [-0.39, 0.29) is 6.54 Å². The molecule has 0 radical (unpaired) electrons. The van der Waals surface area contributed by atoms with Crippen molar-refractivity contribution in [2.45, 2.75) is 12.5 Å². The van der Waals surface area contributed by atoms with E-state index in [1.54, 1.807) is 42.5 Å². The van der Waals surface area contributed by atoms with Gasteiger partial charge in [-0.05, 0) is 23.5 Å². The van der Waals surface area contributed by atoms with Gasteiger partial charge >= 0.3 is 0 Å². The van der Waals surface area contributed by atoms with Crippen molar-refractivity contribution in [1.29, 1.82) is 0 Å². The molecule has 0 bridgehead atoms. The second kappa shape index (κ2) is 7.13. The molecule has 23 heavy (non-hydrogen) atoms. The molecule has 0 unspecified atom stereocenters. The summed E-state index contributed by atoms with van der Waals surface area (Å²) in [6.45, 7) is 1.62. The Morgan fingerprint density at radius 1 is 1.04 bits per heavy atom. The maximum atomic E-state index is 13.0. The van der Waals surface area contributed by atoms with E-state index in [0.29, 0.717) is 11.1 Å². The van der Waals surface area contributed by atoms with Gasteiger partial charge < -0.3 is 0 Å². The summed E-state index contributed by atoms with van der Waals surface area (Å²) >= 11 is 0. The highest BCUT2D eigenvalue weighted by molar-refractivity contribution is 6.04. The average molecular weight is 306 g/mol. The van der Waals surface area contributed by atoms with Gasteiger partial charge in [0.15, 0.2) is 5.78 Å². The highest BCUT2D eigenvalue weighted by atomic mass is 16.1. The Kier molecular flexibility index (Phi) is 5.00. The van der Waals surface area contributed by atoms with Crippen LogP contribution in [0.2, 0.25) is 0 Å². The van der Waals surface area contributed by atoms with Crippen molar-refractivity contribution in [3.05, 3.63) is 92.2 Å². The molecule has 0 saturated carbocycles. The predicted molar refractivity (Wildman–Crippen MR) is 86.8 cm³/mol. The van der Waals surface area contributed by atoms with Crippen LogP contribution in [0.1, 0.15) is 21.5 Å². The van der Waals surface area contributed by atoms with Gasteiger partial charge in [0.2, 0.25) is 0 Å². The molecule has 0 fully saturated rings. The first-order valence-electron chi connectivity index (χ1n) is 6.88. The number of benzene rings is 2. The molecule has 0 aromatic heterocycles. The molecule has 0 N–H and O–H groups in total. The van der Waals surface area contributed by atoms with E-state index in [0.717, 1.165) is 5.56 Å². The van der Waals surface area contributed by atoms with Crippen LogP contribution in [-0.2, 0) is 5.54 Å². The maximum Gasteiger partial charge on any atom is 0.179 e. The zero-order chi connectivity index (χ0) is 16.7. The van der Waals surface area contributed by atoms with Gasteiger partial charge in [-0.3, -0.25) is 4.79 Å². The summed E-state index contributed by atoms with van der Waals surface area (Å²) in [5.74, 6) is -0.410. The fourth-order valence-corrected chi connectivity index (χ4v) is 2.30. The SMILES string of the molecule is Cc1ccc([C@](CN=[N+]=[N-])(N=[N+]=[N-])C(=O)c2ccccc2)cc1. The van der Waals surface area contributed by atoms with E-state index in [1.165, 1.54) is 0 Å². The topological polar surface area (TPSA) is 115 Å². The van der Waals surface area contributed by atoms with E-state index in [2.05, 4.69) is 20.1 Å². The number of aryl methyl sites for hydroxylation is 1. The summed E-state index contributed by atoms with van der Waals surface area (Å²) in [7, 11) is 0. The van der Waals surface area contributed by atoms with Crippen LogP contribution in [0.15, 0.2) is 64.8 Å². The van der Waals surface area contributed by atoms with Crippen LogP contribution in [0.3, 0.4) is 0 Å². The number of carbonyl (C=O) groups excluding carboxylic acids is 1. The number of hydrogen-bond acceptors (Lipinski definition) is 3. The number of hydrogen-bond donors (Lipinski definition) is 0. The number of carbonyl (C=O) groups is 1. The first-order chi connectivity index (χ1) is 11.1. The lowest BCUT2D eigenvalue weighted by Crippen LogP contribution is -2.36. The fraction of sp³-hybridized carbons (Fsp3) is 0.188. The van der Waals surface area contributed by atoms with Gasteiger partial charge in [0.1, 0.15) is 5.54 Å². The average Bonchev–Trinajstić information content (AvgIpc) is 2.59. The zero-order valence-corrected chi connectivity index (χ0v) is 12.5. The number of rotatable bonds is 6. The van der Waals surface area contributed by atoms with Crippen LogP contribution in [-0.4, -0.2) is 12.3 Å². The first kappa shape index (κ1) is 16.1. The Bertz CT molecular complexity index is 789. The van der Waals surface area contributed by atoms with Gasteiger partial charge in [0, 0.05) is 21.9 Å². The largest absolute Gasteiger partial charge is 0.293 e. The minimum atomic E-state index is -1.60. The minimum Gasteiger partial charge on any atom is -0.293 e. The normalized spacial score (nSPS) is 12.4. The lowest BCUT2D eigenvalue weighted by atomic mass is 9.83. The molecular formula is C16H14N6O. The molecule has 0 aliphatic carbocycles. The van der Waals surface area contributed by atoms with Crippen LogP contribution in [0, 0.1) is 6.92 Å². The number of ketones is 1. The third kappa shape index (κ3) is 3.32. The Hall–Kier alpha value is -3.27. The van der Waals surface area contributed by atoms with Gasteiger partial charge in [-0.25, -0.2) is 0 Å². The van der Waals surface area contributed by atoms with Crippen molar-refractivity contribution in [3.63, 3.8) is 0 Å². The molecule has 2 aromatic carbocycles. The van der Waals surface area contributed by atoms with E-state index in [4.69, 9.17) is 11.1 Å². The molecule has 114 valence electrons. The Morgan fingerprint density at radius 3 is 2.26 bits per heavy atom. The van der Waals surface area contributed by atoms with Crippen molar-refractivity contribution in [3.8, 4) is 0 Å². The van der Waals surface area contributed by atoms with Crippen LogP contribution in [0.4, 0.5) is 0 Å². The molecule has 0 aliphatic rings. The quantitative estimate of drug-likeness (QED) is 0.327. The summed E-state index contributed by atoms with van der Waals surface area (Å²) in [5, 5.41) is 7.24. The summed E-state index contributed by atoms with van der Waals surface area (Å²) in [4.78, 5) is 18.5. The molecule has 2 rings (SSSR count). The summed E-state index contributed by atoms with van der Waals surface area (Å²) < 4.78 is 0. The van der Waals surface area contributed by atoms with Crippen molar-refractivity contribution in [1.82, 2.24) is 0 Å². The van der Waals surface area contributed by atoms with Gasteiger partial charge in [-0.15, -0.1) is 0 Å². The molecular weight excluding hydrogens is 292 g/mol. The standard InChI is InChI=1S/C16H14N6O/c1-12-7-9-14(10-8-12)16(20-22-18,11-19-21-17)15(23)13-5-3-2-4-6-13/h2-10H,11H2,1H3/t16-/m0/s1. The van der Waals surface area contributed by atoms with Gasteiger partial charge in [0.25, 0.3) is 0 Å². The Labute approximate surface area is 132 Å². The fourth-order valence-electron chi connectivity index (χ4n) is 2.30. The van der Waals surface area contributed by atoms with E-state index >= 15 is 0 Å². The molecule has 0 saturated heterocycles. The predicted octanol–water partition coefficient (Wildman–Crippen LogP) is 4.69. The van der Waals surface area contributed by atoms with Gasteiger partial charge in [0.05, 0.1) is 0 Å². The minimum absolute atomic E-state index is 0.287. The van der Waals surface area contributed by atoms with E-state index in [1.807, 2.05) is 19.1 Å². The molecule has 0 heterocycles. The van der Waals surface area contributed by atoms with E-state index < -0.39 is 11.3 Å². The third-order valence-electron chi connectivity index (χ3n) is 3.52. The van der Waals surface area contributed by atoms with Gasteiger partial charge in [-0.1, -0.05) is 70.4 Å². The van der Waals surface area contributed by atoms with Crippen LogP contribution >= 0.6 is 0 Å². The maximum absolute atomic E-state index is 13.0. The van der Waals surface area contributed by atoms with Gasteiger partial charge in [-0.2, -0.15) is 0 Å². The monoisotopic (exact) mass is 306 g/mol. The smallest absolute Gasteiger partial charge is 0.179 e. The lowest BCUT2D eigenvalue weighted by Gasteiger charge is -2.26. The third-order valence-corrected chi connectivity index (χ3v) is 3.52. The lowest BCUT2D eigenvalue weighted by molar-refractivity contribution is 0.0892. The molecule has 1 atom stereocenters. The summed E-state index contributed by atoms with van der Waals surface area (Å²) in [6, 6.07) is 15.5. The molecule has 7 nitrogen and oxygen atoms in total. The molecule has 7 heteroatoms. The summed E-state index contributed by atoms with van der Waals surface area (Å²) in [6.07, 6.45) is 0. The van der Waals surface area contributed by atoms with Crippen molar-refractivity contribution < 1.29 is 4.79 Å². The van der Waals surface area contributed by atoms with E-state index in [9.17, 15) is 4.79 Å². The second-order valence-corrected chi connectivity index (χ2v) is 5.00. The Balaban J connectivity index is 2.66.